The summed E-state index contributed by atoms with van der Waals surface area (Å²) in [7, 11) is 0. The van der Waals surface area contributed by atoms with Crippen molar-refractivity contribution in [2.45, 2.75) is 31.6 Å². The number of pyridine rings is 1. The van der Waals surface area contributed by atoms with Crippen LogP contribution in [0.5, 0.6) is 0 Å². The normalized spacial score (nSPS) is 10.7. The van der Waals surface area contributed by atoms with Crippen LogP contribution in [-0.4, -0.2) is 16.0 Å². The lowest BCUT2D eigenvalue weighted by atomic mass is 10.1. The molecule has 0 aliphatic heterocycles. The summed E-state index contributed by atoms with van der Waals surface area (Å²) in [5.41, 5.74) is 4.38. The number of hydrogen-bond donors (Lipinski definition) is 1. The van der Waals surface area contributed by atoms with Crippen molar-refractivity contribution in [3.05, 3.63) is 70.7 Å². The van der Waals surface area contributed by atoms with Crippen molar-refractivity contribution in [2.24, 2.45) is 0 Å². The minimum atomic E-state index is -0.168. The Balaban J connectivity index is 1.76. The Morgan fingerprint density at radius 2 is 2.04 bits per heavy atom. The minimum Gasteiger partial charge on any atom is -0.361 e. The molecular formula is C19H19N3O2S. The molecule has 0 spiro atoms. The van der Waals surface area contributed by atoms with Crippen LogP contribution in [0.1, 0.15) is 32.9 Å². The number of nitrogens with zero attached hydrogens (tertiary/aromatic N) is 2. The monoisotopic (exact) mass is 353 g/mol. The second kappa shape index (κ2) is 7.53. The summed E-state index contributed by atoms with van der Waals surface area (Å²) < 4.78 is 5.07. The van der Waals surface area contributed by atoms with Crippen LogP contribution in [0.25, 0.3) is 0 Å². The topological polar surface area (TPSA) is 68.0 Å². The molecule has 3 aromatic rings. The van der Waals surface area contributed by atoms with E-state index in [-0.39, 0.29) is 5.91 Å². The largest absolute Gasteiger partial charge is 0.361 e. The van der Waals surface area contributed by atoms with Gasteiger partial charge in [-0.05, 0) is 44.5 Å². The van der Waals surface area contributed by atoms with Gasteiger partial charge in [0.05, 0.1) is 11.3 Å². The highest BCUT2D eigenvalue weighted by atomic mass is 32.2. The fourth-order valence-electron chi connectivity index (χ4n) is 2.45. The smallest absolute Gasteiger partial charge is 0.258 e. The Kier molecular flexibility index (Phi) is 5.19. The molecule has 0 aliphatic rings. The molecule has 3 rings (SSSR count). The molecule has 1 aromatic carbocycles. The number of carbonyl (C=O) groups is 1. The summed E-state index contributed by atoms with van der Waals surface area (Å²) in [5.74, 6) is 1.20. The average Bonchev–Trinajstić information content (AvgIpc) is 3.01. The molecule has 0 saturated carbocycles. The van der Waals surface area contributed by atoms with E-state index in [1.807, 2.05) is 45.0 Å². The van der Waals surface area contributed by atoms with Gasteiger partial charge in [-0.25, -0.2) is 4.98 Å². The van der Waals surface area contributed by atoms with E-state index >= 15 is 0 Å². The first kappa shape index (κ1) is 17.2. The van der Waals surface area contributed by atoms with Crippen molar-refractivity contribution in [1.82, 2.24) is 10.1 Å². The molecule has 2 heterocycles. The number of aryl methyl sites for hydroxylation is 3. The van der Waals surface area contributed by atoms with Gasteiger partial charge in [0.15, 0.2) is 0 Å². The van der Waals surface area contributed by atoms with Crippen molar-refractivity contribution in [1.29, 1.82) is 0 Å². The number of amides is 1. The molecule has 0 saturated heterocycles. The first-order valence-electron chi connectivity index (χ1n) is 7.91. The molecule has 5 nitrogen and oxygen atoms in total. The summed E-state index contributed by atoms with van der Waals surface area (Å²) in [6.45, 7) is 5.86. The zero-order valence-corrected chi connectivity index (χ0v) is 15.2. The molecule has 1 amide bonds. The van der Waals surface area contributed by atoms with Gasteiger partial charge in [-0.3, -0.25) is 4.79 Å². The molecule has 25 heavy (non-hydrogen) atoms. The predicted molar refractivity (Wildman–Crippen MR) is 98.9 cm³/mol. The van der Waals surface area contributed by atoms with E-state index in [4.69, 9.17) is 4.52 Å². The minimum absolute atomic E-state index is 0.168. The van der Waals surface area contributed by atoms with Crippen molar-refractivity contribution in [3.8, 4) is 0 Å². The van der Waals surface area contributed by atoms with Crippen LogP contribution in [0.15, 0.2) is 52.1 Å². The summed E-state index contributed by atoms with van der Waals surface area (Å²) in [4.78, 5) is 17.0. The first-order valence-corrected chi connectivity index (χ1v) is 8.90. The van der Waals surface area contributed by atoms with E-state index < -0.39 is 0 Å². The van der Waals surface area contributed by atoms with E-state index in [9.17, 15) is 4.79 Å². The average molecular weight is 353 g/mol. The highest BCUT2D eigenvalue weighted by Crippen LogP contribution is 2.25. The van der Waals surface area contributed by atoms with Gasteiger partial charge in [0.25, 0.3) is 5.91 Å². The number of benzene rings is 1. The molecule has 2 aromatic heterocycles. The van der Waals surface area contributed by atoms with Gasteiger partial charge in [-0.15, -0.1) is 0 Å². The third-order valence-corrected chi connectivity index (χ3v) is 4.72. The Hall–Kier alpha value is -2.60. The van der Waals surface area contributed by atoms with Gasteiger partial charge in [-0.2, -0.15) is 0 Å². The van der Waals surface area contributed by atoms with E-state index in [0.717, 1.165) is 28.3 Å². The third-order valence-electron chi connectivity index (χ3n) is 3.68. The lowest BCUT2D eigenvalue weighted by Gasteiger charge is -2.11. The lowest BCUT2D eigenvalue weighted by Crippen LogP contribution is -2.14. The van der Waals surface area contributed by atoms with Crippen molar-refractivity contribution >= 4 is 23.4 Å². The number of carbonyl (C=O) groups excluding carboxylic acids is 1. The lowest BCUT2D eigenvalue weighted by molar-refractivity contribution is 0.102. The second-order valence-electron chi connectivity index (χ2n) is 5.85. The number of thioether (sulfide) groups is 1. The van der Waals surface area contributed by atoms with Crippen LogP contribution in [0.3, 0.4) is 0 Å². The fourth-order valence-corrected chi connectivity index (χ4v) is 3.32. The molecule has 0 fully saturated rings. The Bertz CT molecular complexity index is 905. The number of anilines is 1. The number of rotatable bonds is 5. The van der Waals surface area contributed by atoms with Gasteiger partial charge in [0.2, 0.25) is 0 Å². The summed E-state index contributed by atoms with van der Waals surface area (Å²) in [6.07, 6.45) is 1.68. The maximum absolute atomic E-state index is 12.7. The zero-order valence-electron chi connectivity index (χ0n) is 14.4. The summed E-state index contributed by atoms with van der Waals surface area (Å²) in [6, 6.07) is 11.4. The van der Waals surface area contributed by atoms with E-state index in [1.165, 1.54) is 11.8 Å². The number of hydrogen-bond acceptors (Lipinski definition) is 5. The Morgan fingerprint density at radius 3 is 2.76 bits per heavy atom. The zero-order chi connectivity index (χ0) is 17.8. The molecule has 1 N–H and O–H groups in total. The molecule has 6 heteroatoms. The van der Waals surface area contributed by atoms with Crippen LogP contribution in [0.2, 0.25) is 0 Å². The highest BCUT2D eigenvalue weighted by molar-refractivity contribution is 7.98. The fraction of sp³-hybridized carbons (Fsp3) is 0.211. The number of aromatic nitrogens is 2. The quantitative estimate of drug-likeness (QED) is 0.682. The second-order valence-corrected chi connectivity index (χ2v) is 6.81. The first-order chi connectivity index (χ1) is 12.0. The third kappa shape index (κ3) is 4.28. The van der Waals surface area contributed by atoms with Gasteiger partial charge >= 0.3 is 0 Å². The van der Waals surface area contributed by atoms with Gasteiger partial charge in [-0.1, -0.05) is 34.6 Å². The molecule has 128 valence electrons. The Labute approximate surface area is 150 Å². The maximum atomic E-state index is 12.7. The summed E-state index contributed by atoms with van der Waals surface area (Å²) in [5, 5.41) is 7.61. The van der Waals surface area contributed by atoms with E-state index in [2.05, 4.69) is 15.5 Å². The number of nitrogens with one attached hydrogen (secondary N) is 1. The molecule has 0 bridgehead atoms. The van der Waals surface area contributed by atoms with E-state index in [1.54, 1.807) is 18.3 Å². The van der Waals surface area contributed by atoms with Crippen molar-refractivity contribution in [3.63, 3.8) is 0 Å². The summed E-state index contributed by atoms with van der Waals surface area (Å²) >= 11 is 1.46. The molecule has 0 atom stereocenters. The standard InChI is InChI=1S/C19H19N3O2S/c1-12-6-7-17(13(2)9-12)21-18(23)16-5-4-8-20-19(16)25-11-15-10-14(3)24-22-15/h4-10H,11H2,1-3H3,(H,21,23). The molecule has 0 radical (unpaired) electrons. The van der Waals surface area contributed by atoms with Crippen molar-refractivity contribution < 1.29 is 9.32 Å². The van der Waals surface area contributed by atoms with Crippen LogP contribution in [0.4, 0.5) is 5.69 Å². The molecular weight excluding hydrogens is 334 g/mol. The van der Waals surface area contributed by atoms with Crippen LogP contribution < -0.4 is 5.32 Å². The highest BCUT2D eigenvalue weighted by Gasteiger charge is 2.14. The maximum Gasteiger partial charge on any atom is 0.258 e. The van der Waals surface area contributed by atoms with Crippen LogP contribution >= 0.6 is 11.8 Å². The van der Waals surface area contributed by atoms with Crippen molar-refractivity contribution in [2.75, 3.05) is 5.32 Å². The van der Waals surface area contributed by atoms with Gasteiger partial charge in [0, 0.05) is 23.7 Å². The SMILES string of the molecule is Cc1ccc(NC(=O)c2cccnc2SCc2cc(C)on2)c(C)c1. The van der Waals surface area contributed by atoms with Gasteiger partial charge < -0.3 is 9.84 Å². The van der Waals surface area contributed by atoms with Crippen LogP contribution in [0, 0.1) is 20.8 Å². The predicted octanol–water partition coefficient (Wildman–Crippen LogP) is 4.54. The van der Waals surface area contributed by atoms with Gasteiger partial charge in [0.1, 0.15) is 10.8 Å². The molecule has 0 unspecified atom stereocenters. The van der Waals surface area contributed by atoms with E-state index in [0.29, 0.717) is 16.3 Å². The Morgan fingerprint density at radius 1 is 1.20 bits per heavy atom. The molecule has 0 aliphatic carbocycles. The van der Waals surface area contributed by atoms with Crippen LogP contribution in [-0.2, 0) is 5.75 Å².